The van der Waals surface area contributed by atoms with Crippen molar-refractivity contribution in [3.63, 3.8) is 0 Å². The first-order chi connectivity index (χ1) is 12.0. The van der Waals surface area contributed by atoms with Crippen LogP contribution in [0.1, 0.15) is 29.8 Å². The number of carbonyl (C=O) groups excluding carboxylic acids is 1. The van der Waals surface area contributed by atoms with Gasteiger partial charge >= 0.3 is 0 Å². The number of halogens is 1. The lowest BCUT2D eigenvalue weighted by molar-refractivity contribution is -0.0586. The molecule has 2 aromatic carbocycles. The Morgan fingerprint density at radius 2 is 1.76 bits per heavy atom. The topological polar surface area (TPSA) is 38.8 Å². The van der Waals surface area contributed by atoms with Crippen molar-refractivity contribution in [1.29, 1.82) is 0 Å². The van der Waals surface area contributed by atoms with Gasteiger partial charge in [-0.15, -0.1) is 0 Å². The van der Waals surface area contributed by atoms with Crippen molar-refractivity contribution >= 4 is 17.5 Å². The standard InChI is InChI=1S/C20H22ClNO3/c1-14-11-22(12-15(2)25-14)20(23)16-7-9-18(10-8-16)24-13-17-5-3-4-6-19(17)21/h3-10,14-15H,11-13H2,1-2H3/t14-,15-/m1/s1. The number of hydrogen-bond donors (Lipinski definition) is 0. The van der Waals surface area contributed by atoms with Crippen molar-refractivity contribution in [2.24, 2.45) is 0 Å². The number of rotatable bonds is 4. The lowest BCUT2D eigenvalue weighted by Crippen LogP contribution is -2.48. The van der Waals surface area contributed by atoms with Crippen molar-refractivity contribution in [1.82, 2.24) is 4.90 Å². The summed E-state index contributed by atoms with van der Waals surface area (Å²) in [7, 11) is 0. The molecule has 2 atom stereocenters. The molecular formula is C20H22ClNO3. The molecule has 1 aliphatic heterocycles. The Morgan fingerprint density at radius 3 is 2.40 bits per heavy atom. The SMILES string of the molecule is C[C@@H]1CN(C(=O)c2ccc(OCc3ccccc3Cl)cc2)C[C@@H](C)O1. The molecule has 0 unspecified atom stereocenters. The van der Waals surface area contributed by atoms with Crippen molar-refractivity contribution in [2.75, 3.05) is 13.1 Å². The van der Waals surface area contributed by atoms with Gasteiger partial charge in [-0.2, -0.15) is 0 Å². The average Bonchev–Trinajstić information content (AvgIpc) is 2.60. The minimum Gasteiger partial charge on any atom is -0.489 e. The van der Waals surface area contributed by atoms with Gasteiger partial charge in [0.25, 0.3) is 5.91 Å². The Hall–Kier alpha value is -2.04. The molecule has 0 bridgehead atoms. The smallest absolute Gasteiger partial charge is 0.254 e. The van der Waals surface area contributed by atoms with Crippen molar-refractivity contribution in [3.8, 4) is 5.75 Å². The highest BCUT2D eigenvalue weighted by molar-refractivity contribution is 6.31. The minimum atomic E-state index is 0.0275. The van der Waals surface area contributed by atoms with Crippen LogP contribution in [-0.4, -0.2) is 36.1 Å². The van der Waals surface area contributed by atoms with Crippen LogP contribution in [0.2, 0.25) is 5.02 Å². The number of nitrogens with zero attached hydrogens (tertiary/aromatic N) is 1. The van der Waals surface area contributed by atoms with Gasteiger partial charge in [0.15, 0.2) is 0 Å². The van der Waals surface area contributed by atoms with E-state index >= 15 is 0 Å². The van der Waals surface area contributed by atoms with Crippen molar-refractivity contribution in [3.05, 3.63) is 64.7 Å². The fraction of sp³-hybridized carbons (Fsp3) is 0.350. The fourth-order valence-electron chi connectivity index (χ4n) is 3.00. The van der Waals surface area contributed by atoms with Crippen LogP contribution in [0, 0.1) is 0 Å². The van der Waals surface area contributed by atoms with Gasteiger partial charge in [-0.25, -0.2) is 0 Å². The van der Waals surface area contributed by atoms with E-state index in [1.165, 1.54) is 0 Å². The molecule has 0 spiro atoms. The van der Waals surface area contributed by atoms with Gasteiger partial charge in [-0.1, -0.05) is 29.8 Å². The van der Waals surface area contributed by atoms with Gasteiger partial charge in [0.2, 0.25) is 0 Å². The first kappa shape index (κ1) is 17.8. The van der Waals surface area contributed by atoms with Crippen molar-refractivity contribution < 1.29 is 14.3 Å². The summed E-state index contributed by atoms with van der Waals surface area (Å²) >= 11 is 6.13. The number of ether oxygens (including phenoxy) is 2. The molecule has 0 aliphatic carbocycles. The van der Waals surface area contributed by atoms with Crippen LogP contribution in [0.3, 0.4) is 0 Å². The molecule has 0 saturated carbocycles. The summed E-state index contributed by atoms with van der Waals surface area (Å²) < 4.78 is 11.4. The highest BCUT2D eigenvalue weighted by atomic mass is 35.5. The Morgan fingerprint density at radius 1 is 1.12 bits per heavy atom. The molecule has 25 heavy (non-hydrogen) atoms. The second-order valence-electron chi connectivity index (χ2n) is 6.37. The molecule has 0 N–H and O–H groups in total. The Labute approximate surface area is 153 Å². The van der Waals surface area contributed by atoms with Gasteiger partial charge in [0.1, 0.15) is 12.4 Å². The monoisotopic (exact) mass is 359 g/mol. The summed E-state index contributed by atoms with van der Waals surface area (Å²) in [6, 6.07) is 14.8. The van der Waals surface area contributed by atoms with Crippen LogP contribution in [-0.2, 0) is 11.3 Å². The molecular weight excluding hydrogens is 338 g/mol. The molecule has 4 nitrogen and oxygen atoms in total. The van der Waals surface area contributed by atoms with E-state index in [2.05, 4.69) is 0 Å². The highest BCUT2D eigenvalue weighted by Crippen LogP contribution is 2.20. The number of benzene rings is 2. The third-order valence-electron chi connectivity index (χ3n) is 4.16. The molecule has 3 rings (SSSR count). The van der Waals surface area contributed by atoms with E-state index in [-0.39, 0.29) is 18.1 Å². The van der Waals surface area contributed by atoms with E-state index in [9.17, 15) is 4.79 Å². The molecule has 0 radical (unpaired) electrons. The second kappa shape index (κ2) is 7.89. The van der Waals surface area contributed by atoms with Crippen LogP contribution >= 0.6 is 11.6 Å². The van der Waals surface area contributed by atoms with E-state index in [4.69, 9.17) is 21.1 Å². The highest BCUT2D eigenvalue weighted by Gasteiger charge is 2.26. The zero-order valence-corrected chi connectivity index (χ0v) is 15.2. The Balaban J connectivity index is 1.62. The van der Waals surface area contributed by atoms with Crippen LogP contribution in [0.4, 0.5) is 0 Å². The van der Waals surface area contributed by atoms with E-state index in [0.29, 0.717) is 36.0 Å². The predicted octanol–water partition coefficient (Wildman–Crippen LogP) is 4.17. The normalized spacial score (nSPS) is 20.4. The Bertz CT molecular complexity index is 722. The molecule has 1 amide bonds. The van der Waals surface area contributed by atoms with E-state index in [1.807, 2.05) is 55.1 Å². The summed E-state index contributed by atoms with van der Waals surface area (Å²) in [5.74, 6) is 0.736. The van der Waals surface area contributed by atoms with Gasteiger partial charge < -0.3 is 14.4 Å². The second-order valence-corrected chi connectivity index (χ2v) is 6.78. The lowest BCUT2D eigenvalue weighted by Gasteiger charge is -2.35. The summed E-state index contributed by atoms with van der Waals surface area (Å²) in [4.78, 5) is 14.5. The van der Waals surface area contributed by atoms with Gasteiger partial charge in [0.05, 0.1) is 12.2 Å². The molecule has 1 fully saturated rings. The van der Waals surface area contributed by atoms with E-state index in [0.717, 1.165) is 5.56 Å². The van der Waals surface area contributed by atoms with Gasteiger partial charge in [-0.05, 0) is 44.2 Å². The van der Waals surface area contributed by atoms with E-state index < -0.39 is 0 Å². The summed E-state index contributed by atoms with van der Waals surface area (Å²) in [6.07, 6.45) is 0.122. The molecule has 132 valence electrons. The maximum atomic E-state index is 12.6. The van der Waals surface area contributed by atoms with Gasteiger partial charge in [-0.3, -0.25) is 4.79 Å². The molecule has 5 heteroatoms. The van der Waals surface area contributed by atoms with E-state index in [1.54, 1.807) is 12.1 Å². The average molecular weight is 360 g/mol. The number of hydrogen-bond acceptors (Lipinski definition) is 3. The van der Waals surface area contributed by atoms with Crippen LogP contribution in [0.25, 0.3) is 0 Å². The molecule has 2 aromatic rings. The van der Waals surface area contributed by atoms with Crippen LogP contribution < -0.4 is 4.74 Å². The predicted molar refractivity (Wildman–Crippen MR) is 98.1 cm³/mol. The number of carbonyl (C=O) groups is 1. The zero-order chi connectivity index (χ0) is 17.8. The van der Waals surface area contributed by atoms with Crippen molar-refractivity contribution in [2.45, 2.75) is 32.7 Å². The van der Waals surface area contributed by atoms with Gasteiger partial charge in [0, 0.05) is 29.2 Å². The third-order valence-corrected chi connectivity index (χ3v) is 4.53. The largest absolute Gasteiger partial charge is 0.489 e. The molecule has 0 aromatic heterocycles. The minimum absolute atomic E-state index is 0.0275. The quantitative estimate of drug-likeness (QED) is 0.822. The number of amides is 1. The molecule has 1 saturated heterocycles. The molecule has 1 aliphatic rings. The third kappa shape index (κ3) is 4.53. The Kier molecular flexibility index (Phi) is 5.61. The summed E-state index contributed by atoms with van der Waals surface area (Å²) in [5, 5.41) is 0.685. The molecule has 1 heterocycles. The maximum absolute atomic E-state index is 12.6. The first-order valence-corrected chi connectivity index (χ1v) is 8.81. The zero-order valence-electron chi connectivity index (χ0n) is 14.4. The van der Waals surface area contributed by atoms with Crippen LogP contribution in [0.15, 0.2) is 48.5 Å². The maximum Gasteiger partial charge on any atom is 0.254 e. The summed E-state index contributed by atoms with van der Waals surface area (Å²) in [6.45, 7) is 5.61. The fourth-order valence-corrected chi connectivity index (χ4v) is 3.19. The van der Waals surface area contributed by atoms with Crippen LogP contribution in [0.5, 0.6) is 5.75 Å². The lowest BCUT2D eigenvalue weighted by atomic mass is 10.1. The summed E-state index contributed by atoms with van der Waals surface area (Å²) in [5.41, 5.74) is 1.59. The number of morpholine rings is 1. The first-order valence-electron chi connectivity index (χ1n) is 8.44.